The van der Waals surface area contributed by atoms with Crippen LogP contribution in [0.3, 0.4) is 0 Å². The van der Waals surface area contributed by atoms with E-state index < -0.39 is 5.60 Å². The molecule has 1 unspecified atom stereocenters. The zero-order valence-corrected chi connectivity index (χ0v) is 18.3. The Balaban J connectivity index is 1.68. The monoisotopic (exact) mass is 447 g/mol. The Morgan fingerprint density at radius 3 is 2.75 bits per heavy atom. The van der Waals surface area contributed by atoms with Crippen molar-refractivity contribution < 1.29 is 19.0 Å². The van der Waals surface area contributed by atoms with E-state index in [0.29, 0.717) is 12.2 Å². The van der Waals surface area contributed by atoms with Crippen LogP contribution in [0.15, 0.2) is 40.9 Å². The summed E-state index contributed by atoms with van der Waals surface area (Å²) in [7, 11) is 1.62. The first-order chi connectivity index (χ1) is 13.3. The molecule has 28 heavy (non-hydrogen) atoms. The van der Waals surface area contributed by atoms with Gasteiger partial charge in [0.1, 0.15) is 22.8 Å². The normalized spacial score (nSPS) is 17.2. The van der Waals surface area contributed by atoms with Crippen LogP contribution in [-0.4, -0.2) is 25.2 Å². The molecule has 150 valence electrons. The van der Waals surface area contributed by atoms with Crippen LogP contribution in [0, 0.1) is 0 Å². The highest BCUT2D eigenvalue weighted by atomic mass is 79.9. The Morgan fingerprint density at radius 1 is 1.29 bits per heavy atom. The maximum atomic E-state index is 12.5. The van der Waals surface area contributed by atoms with Gasteiger partial charge in [0.2, 0.25) is 0 Å². The van der Waals surface area contributed by atoms with Crippen LogP contribution in [-0.2, 0) is 11.2 Å². The van der Waals surface area contributed by atoms with E-state index in [2.05, 4.69) is 28.2 Å². The minimum Gasteiger partial charge on any atom is -0.497 e. The van der Waals surface area contributed by atoms with Crippen LogP contribution in [0.4, 0.5) is 0 Å². The van der Waals surface area contributed by atoms with Crippen LogP contribution < -0.4 is 19.5 Å². The Hall–Kier alpha value is -2.21. The van der Waals surface area contributed by atoms with Crippen LogP contribution in [0.25, 0.3) is 0 Å². The number of fused-ring (bicyclic) bond motifs is 1. The van der Waals surface area contributed by atoms with Crippen molar-refractivity contribution in [1.82, 2.24) is 5.32 Å². The average Bonchev–Trinajstić information content (AvgIpc) is 2.65. The standard InChI is InChI=1S/C22H26BrNO4/c1-5-14-6-9-19(17(23)10-14)27-13-21(25)24-18-12-22(2,3)28-20-11-15(26-4)7-8-16(18)20/h6-11,18H,5,12-13H2,1-4H3,(H,24,25). The molecular formula is C22H26BrNO4. The second kappa shape index (κ2) is 8.43. The van der Waals surface area contributed by atoms with E-state index in [1.54, 1.807) is 7.11 Å². The molecule has 3 rings (SSSR count). The lowest BCUT2D eigenvalue weighted by Gasteiger charge is -2.38. The molecule has 0 saturated heterocycles. The van der Waals surface area contributed by atoms with Gasteiger partial charge in [0, 0.05) is 18.1 Å². The summed E-state index contributed by atoms with van der Waals surface area (Å²) < 4.78 is 17.9. The van der Waals surface area contributed by atoms with Crippen LogP contribution >= 0.6 is 15.9 Å². The lowest BCUT2D eigenvalue weighted by atomic mass is 9.89. The zero-order chi connectivity index (χ0) is 20.3. The fourth-order valence-corrected chi connectivity index (χ4v) is 3.89. The molecule has 0 saturated carbocycles. The first kappa shape index (κ1) is 20.5. The molecule has 0 spiro atoms. The van der Waals surface area contributed by atoms with Gasteiger partial charge in [0.25, 0.3) is 5.91 Å². The molecule has 2 aromatic carbocycles. The van der Waals surface area contributed by atoms with Crippen molar-refractivity contribution in [3.05, 3.63) is 52.0 Å². The summed E-state index contributed by atoms with van der Waals surface area (Å²) in [5.74, 6) is 1.95. The third kappa shape index (κ3) is 4.79. The van der Waals surface area contributed by atoms with Gasteiger partial charge in [-0.25, -0.2) is 0 Å². The molecule has 0 aromatic heterocycles. The van der Waals surface area contributed by atoms with Crippen molar-refractivity contribution in [3.8, 4) is 17.2 Å². The number of methoxy groups -OCH3 is 1. The van der Waals surface area contributed by atoms with E-state index in [1.165, 1.54) is 5.56 Å². The highest BCUT2D eigenvalue weighted by Crippen LogP contribution is 2.41. The molecule has 5 nitrogen and oxygen atoms in total. The van der Waals surface area contributed by atoms with Gasteiger partial charge in [-0.1, -0.05) is 13.0 Å². The molecule has 1 aliphatic heterocycles. The molecule has 1 N–H and O–H groups in total. The molecule has 0 radical (unpaired) electrons. The molecule has 0 bridgehead atoms. The minimum absolute atomic E-state index is 0.0483. The van der Waals surface area contributed by atoms with E-state index in [1.807, 2.05) is 50.2 Å². The van der Waals surface area contributed by atoms with E-state index in [-0.39, 0.29) is 18.6 Å². The Labute approximate surface area is 174 Å². The smallest absolute Gasteiger partial charge is 0.258 e. The largest absolute Gasteiger partial charge is 0.497 e. The van der Waals surface area contributed by atoms with E-state index in [9.17, 15) is 4.79 Å². The molecule has 6 heteroatoms. The zero-order valence-electron chi connectivity index (χ0n) is 16.7. The number of ether oxygens (including phenoxy) is 3. The van der Waals surface area contributed by atoms with Crippen molar-refractivity contribution in [3.63, 3.8) is 0 Å². The van der Waals surface area contributed by atoms with Gasteiger partial charge in [-0.3, -0.25) is 4.79 Å². The Bertz CT molecular complexity index is 866. The van der Waals surface area contributed by atoms with Gasteiger partial charge in [-0.2, -0.15) is 0 Å². The number of aryl methyl sites for hydroxylation is 1. The van der Waals surface area contributed by atoms with Gasteiger partial charge >= 0.3 is 0 Å². The lowest BCUT2D eigenvalue weighted by molar-refractivity contribution is -0.124. The summed E-state index contributed by atoms with van der Waals surface area (Å²) in [6, 6.07) is 11.4. The molecular weight excluding hydrogens is 422 g/mol. The molecule has 1 aliphatic rings. The first-order valence-electron chi connectivity index (χ1n) is 9.39. The maximum Gasteiger partial charge on any atom is 0.258 e. The topological polar surface area (TPSA) is 56.8 Å². The summed E-state index contributed by atoms with van der Waals surface area (Å²) in [4.78, 5) is 12.5. The number of halogens is 1. The van der Waals surface area contributed by atoms with Crippen molar-refractivity contribution in [2.45, 2.75) is 45.3 Å². The Kier molecular flexibility index (Phi) is 6.18. The van der Waals surface area contributed by atoms with Crippen molar-refractivity contribution in [2.24, 2.45) is 0 Å². The quantitative estimate of drug-likeness (QED) is 0.689. The third-order valence-electron chi connectivity index (χ3n) is 4.78. The van der Waals surface area contributed by atoms with E-state index in [0.717, 1.165) is 28.0 Å². The first-order valence-corrected chi connectivity index (χ1v) is 10.2. The predicted molar refractivity (Wildman–Crippen MR) is 112 cm³/mol. The predicted octanol–water partition coefficient (Wildman–Crippen LogP) is 4.82. The molecule has 1 atom stereocenters. The second-order valence-corrected chi connectivity index (χ2v) is 8.35. The number of hydrogen-bond acceptors (Lipinski definition) is 4. The molecule has 0 aliphatic carbocycles. The van der Waals surface area contributed by atoms with Crippen molar-refractivity contribution in [1.29, 1.82) is 0 Å². The van der Waals surface area contributed by atoms with Crippen LogP contribution in [0.1, 0.15) is 44.4 Å². The number of benzene rings is 2. The maximum absolute atomic E-state index is 12.5. The van der Waals surface area contributed by atoms with Crippen LogP contribution in [0.2, 0.25) is 0 Å². The highest BCUT2D eigenvalue weighted by Gasteiger charge is 2.34. The van der Waals surface area contributed by atoms with E-state index >= 15 is 0 Å². The highest BCUT2D eigenvalue weighted by molar-refractivity contribution is 9.10. The van der Waals surface area contributed by atoms with Gasteiger partial charge in [0.05, 0.1) is 17.6 Å². The fourth-order valence-electron chi connectivity index (χ4n) is 3.35. The summed E-state index contributed by atoms with van der Waals surface area (Å²) in [6.45, 7) is 6.07. The van der Waals surface area contributed by atoms with Crippen molar-refractivity contribution in [2.75, 3.05) is 13.7 Å². The second-order valence-electron chi connectivity index (χ2n) is 7.50. The third-order valence-corrected chi connectivity index (χ3v) is 5.40. The van der Waals surface area contributed by atoms with E-state index in [4.69, 9.17) is 14.2 Å². The summed E-state index contributed by atoms with van der Waals surface area (Å²) >= 11 is 3.50. The van der Waals surface area contributed by atoms with Gasteiger partial charge < -0.3 is 19.5 Å². The number of hydrogen-bond donors (Lipinski definition) is 1. The number of carbonyl (C=O) groups excluding carboxylic acids is 1. The summed E-state index contributed by atoms with van der Waals surface area (Å²) in [6.07, 6.45) is 1.62. The summed E-state index contributed by atoms with van der Waals surface area (Å²) in [5, 5.41) is 3.08. The van der Waals surface area contributed by atoms with Crippen LogP contribution in [0.5, 0.6) is 17.2 Å². The molecule has 1 amide bonds. The SMILES string of the molecule is CCc1ccc(OCC(=O)NC2CC(C)(C)Oc3cc(OC)ccc32)c(Br)c1. The lowest BCUT2D eigenvalue weighted by Crippen LogP contribution is -2.42. The number of rotatable bonds is 6. The fraction of sp³-hybridized carbons (Fsp3) is 0.409. The number of nitrogens with one attached hydrogen (secondary N) is 1. The average molecular weight is 448 g/mol. The Morgan fingerprint density at radius 2 is 2.07 bits per heavy atom. The number of amides is 1. The van der Waals surface area contributed by atoms with Gasteiger partial charge in [-0.15, -0.1) is 0 Å². The van der Waals surface area contributed by atoms with Gasteiger partial charge in [-0.05, 0) is 66.0 Å². The molecule has 2 aromatic rings. The minimum atomic E-state index is -0.392. The summed E-state index contributed by atoms with van der Waals surface area (Å²) in [5.41, 5.74) is 1.76. The molecule has 1 heterocycles. The van der Waals surface area contributed by atoms with Gasteiger partial charge in [0.15, 0.2) is 6.61 Å². The molecule has 0 fully saturated rings. The van der Waals surface area contributed by atoms with Crippen molar-refractivity contribution >= 4 is 21.8 Å². The number of carbonyl (C=O) groups is 1.